The summed E-state index contributed by atoms with van der Waals surface area (Å²) in [5.74, 6) is 0.481. The van der Waals surface area contributed by atoms with Gasteiger partial charge in [-0.25, -0.2) is 9.78 Å². The third-order valence-electron chi connectivity index (χ3n) is 4.20. The molecular weight excluding hydrogens is 439 g/mol. The van der Waals surface area contributed by atoms with Gasteiger partial charge in [0.05, 0.1) is 11.9 Å². The van der Waals surface area contributed by atoms with Crippen molar-refractivity contribution in [2.24, 2.45) is 5.41 Å². The van der Waals surface area contributed by atoms with Crippen molar-refractivity contribution in [3.63, 3.8) is 0 Å². The molecule has 0 bridgehead atoms. The molecule has 11 heteroatoms. The van der Waals surface area contributed by atoms with Gasteiger partial charge in [-0.05, 0) is 30.3 Å². The van der Waals surface area contributed by atoms with Crippen LogP contribution in [0.2, 0.25) is 0 Å². The van der Waals surface area contributed by atoms with Gasteiger partial charge in [0.2, 0.25) is 5.91 Å². The smallest absolute Gasteiger partial charge is 0.433 e. The predicted molar refractivity (Wildman–Crippen MR) is 113 cm³/mol. The van der Waals surface area contributed by atoms with Crippen LogP contribution in [-0.4, -0.2) is 26.9 Å². The summed E-state index contributed by atoms with van der Waals surface area (Å²) in [5.41, 5.74) is -0.945. The zero-order valence-corrected chi connectivity index (χ0v) is 17.9. The first-order valence-corrected chi connectivity index (χ1v) is 9.68. The lowest BCUT2D eigenvalue weighted by Crippen LogP contribution is -2.41. The summed E-state index contributed by atoms with van der Waals surface area (Å²) in [6.07, 6.45) is -0.622. The second kappa shape index (κ2) is 9.23. The van der Waals surface area contributed by atoms with E-state index < -0.39 is 29.2 Å². The number of hydrogen-bond donors (Lipinski definition) is 2. The minimum atomic E-state index is -4.52. The largest absolute Gasteiger partial charge is 0.456 e. The molecule has 8 nitrogen and oxygen atoms in total. The number of imide groups is 1. The number of amides is 3. The molecule has 3 rings (SSSR count). The number of carbonyl (C=O) groups is 2. The lowest BCUT2D eigenvalue weighted by atomic mass is 9.96. The first kappa shape index (κ1) is 23.6. The number of carbonyl (C=O) groups excluding carboxylic acids is 2. The first-order valence-electron chi connectivity index (χ1n) is 9.68. The van der Waals surface area contributed by atoms with E-state index in [4.69, 9.17) is 4.74 Å². The van der Waals surface area contributed by atoms with E-state index in [1.54, 1.807) is 39.0 Å². The van der Waals surface area contributed by atoms with Crippen LogP contribution in [-0.2, 0) is 11.0 Å². The molecule has 0 atom stereocenters. The van der Waals surface area contributed by atoms with Gasteiger partial charge in [-0.15, -0.1) is 0 Å². The Morgan fingerprint density at radius 1 is 0.909 bits per heavy atom. The number of nitrogens with one attached hydrogen (secondary N) is 2. The molecule has 0 radical (unpaired) electrons. The van der Waals surface area contributed by atoms with Crippen LogP contribution in [0.3, 0.4) is 0 Å². The monoisotopic (exact) mass is 459 g/mol. The summed E-state index contributed by atoms with van der Waals surface area (Å²) in [6.45, 7) is 5.04. The average Bonchev–Trinajstić information content (AvgIpc) is 2.74. The van der Waals surface area contributed by atoms with Crippen molar-refractivity contribution in [1.82, 2.24) is 20.3 Å². The van der Waals surface area contributed by atoms with Crippen LogP contribution in [0.1, 0.15) is 26.5 Å². The summed E-state index contributed by atoms with van der Waals surface area (Å²) in [5, 5.41) is 4.67. The molecule has 3 amide bonds. The Kier molecular flexibility index (Phi) is 6.61. The molecule has 0 unspecified atom stereocenters. The number of anilines is 1. The summed E-state index contributed by atoms with van der Waals surface area (Å²) in [4.78, 5) is 35.4. The lowest BCUT2D eigenvalue weighted by Gasteiger charge is -2.16. The summed E-state index contributed by atoms with van der Waals surface area (Å²) >= 11 is 0. The Hall–Kier alpha value is -4.02. The standard InChI is InChI=1S/C22H20F3N5O3/c1-21(2,3)19(31)30-20(32)29-18-7-5-15(12-28-18)33-14-8-9-26-16(10-14)13-4-6-17(27-11-13)22(23,24)25/h4-12H,1-3H3,(H2,28,29,30,31,32). The summed E-state index contributed by atoms with van der Waals surface area (Å²) < 4.78 is 43.8. The van der Waals surface area contributed by atoms with Gasteiger partial charge in [0, 0.05) is 29.4 Å². The van der Waals surface area contributed by atoms with Gasteiger partial charge < -0.3 is 4.74 Å². The van der Waals surface area contributed by atoms with Crippen molar-refractivity contribution >= 4 is 17.8 Å². The molecule has 3 heterocycles. The Labute approximate surface area is 187 Å². The predicted octanol–water partition coefficient (Wildman–Crippen LogP) is 5.04. The number of nitrogens with zero attached hydrogens (tertiary/aromatic N) is 3. The number of aromatic nitrogens is 3. The Morgan fingerprint density at radius 2 is 1.67 bits per heavy atom. The number of ether oxygens (including phenoxy) is 1. The Balaban J connectivity index is 1.65. The molecule has 3 aromatic rings. The Bertz CT molecular complexity index is 1140. The van der Waals surface area contributed by atoms with Gasteiger partial charge in [-0.1, -0.05) is 20.8 Å². The molecule has 0 aliphatic carbocycles. The second-order valence-electron chi connectivity index (χ2n) is 7.95. The molecule has 0 fully saturated rings. The van der Waals surface area contributed by atoms with Crippen molar-refractivity contribution in [3.05, 3.63) is 60.7 Å². The third-order valence-corrected chi connectivity index (χ3v) is 4.20. The van der Waals surface area contributed by atoms with Gasteiger partial charge in [0.1, 0.15) is 23.0 Å². The number of halogens is 3. The van der Waals surface area contributed by atoms with E-state index in [9.17, 15) is 22.8 Å². The van der Waals surface area contributed by atoms with Crippen LogP contribution in [0.5, 0.6) is 11.5 Å². The number of rotatable bonds is 4. The second-order valence-corrected chi connectivity index (χ2v) is 7.95. The molecule has 0 aromatic carbocycles. The van der Waals surface area contributed by atoms with Crippen LogP contribution in [0.15, 0.2) is 55.0 Å². The number of urea groups is 1. The zero-order valence-electron chi connectivity index (χ0n) is 17.9. The Morgan fingerprint density at radius 3 is 2.24 bits per heavy atom. The summed E-state index contributed by atoms with van der Waals surface area (Å²) in [7, 11) is 0. The zero-order chi connectivity index (χ0) is 24.2. The molecule has 0 aliphatic heterocycles. The quantitative estimate of drug-likeness (QED) is 0.566. The highest BCUT2D eigenvalue weighted by Gasteiger charge is 2.32. The topological polar surface area (TPSA) is 106 Å². The minimum Gasteiger partial charge on any atom is -0.456 e. The fraction of sp³-hybridized carbons (Fsp3) is 0.227. The minimum absolute atomic E-state index is 0.202. The SMILES string of the molecule is CC(C)(C)C(=O)NC(=O)Nc1ccc(Oc2ccnc(-c3ccc(C(F)(F)F)nc3)c2)cn1. The number of alkyl halides is 3. The van der Waals surface area contributed by atoms with Crippen LogP contribution in [0.4, 0.5) is 23.8 Å². The van der Waals surface area contributed by atoms with Gasteiger partial charge >= 0.3 is 12.2 Å². The average molecular weight is 459 g/mol. The highest BCUT2D eigenvalue weighted by Crippen LogP contribution is 2.30. The summed E-state index contributed by atoms with van der Waals surface area (Å²) in [6, 6.07) is 7.60. The van der Waals surface area contributed by atoms with Gasteiger partial charge in [0.15, 0.2) is 0 Å². The van der Waals surface area contributed by atoms with Crippen LogP contribution < -0.4 is 15.4 Å². The number of hydrogen-bond acceptors (Lipinski definition) is 6. The maximum absolute atomic E-state index is 12.7. The van der Waals surface area contributed by atoms with E-state index in [0.29, 0.717) is 22.8 Å². The molecule has 33 heavy (non-hydrogen) atoms. The number of pyridine rings is 3. The van der Waals surface area contributed by atoms with Crippen molar-refractivity contribution in [3.8, 4) is 22.8 Å². The van der Waals surface area contributed by atoms with Crippen molar-refractivity contribution in [2.75, 3.05) is 5.32 Å². The lowest BCUT2D eigenvalue weighted by molar-refractivity contribution is -0.141. The molecule has 172 valence electrons. The maximum Gasteiger partial charge on any atom is 0.433 e. The van der Waals surface area contributed by atoms with Crippen molar-refractivity contribution in [2.45, 2.75) is 26.9 Å². The fourth-order valence-corrected chi connectivity index (χ4v) is 2.43. The van der Waals surface area contributed by atoms with E-state index >= 15 is 0 Å². The molecule has 0 saturated heterocycles. The van der Waals surface area contributed by atoms with Crippen LogP contribution >= 0.6 is 0 Å². The van der Waals surface area contributed by atoms with Crippen molar-refractivity contribution < 1.29 is 27.5 Å². The van der Waals surface area contributed by atoms with E-state index in [1.807, 2.05) is 0 Å². The van der Waals surface area contributed by atoms with Gasteiger partial charge in [-0.3, -0.25) is 25.4 Å². The van der Waals surface area contributed by atoms with E-state index in [0.717, 1.165) is 12.3 Å². The molecule has 2 N–H and O–H groups in total. The third kappa shape index (κ3) is 6.48. The molecule has 0 saturated carbocycles. The van der Waals surface area contributed by atoms with Gasteiger partial charge in [-0.2, -0.15) is 13.2 Å². The van der Waals surface area contributed by atoms with E-state index in [1.165, 1.54) is 24.5 Å². The molecular formula is C22H20F3N5O3. The molecule has 0 aliphatic rings. The van der Waals surface area contributed by atoms with Gasteiger partial charge in [0.25, 0.3) is 0 Å². The molecule has 0 spiro atoms. The fourth-order valence-electron chi connectivity index (χ4n) is 2.43. The highest BCUT2D eigenvalue weighted by atomic mass is 19.4. The van der Waals surface area contributed by atoms with E-state index in [2.05, 4.69) is 25.6 Å². The molecule has 3 aromatic heterocycles. The van der Waals surface area contributed by atoms with Crippen LogP contribution in [0, 0.1) is 5.41 Å². The maximum atomic E-state index is 12.7. The van der Waals surface area contributed by atoms with Crippen molar-refractivity contribution in [1.29, 1.82) is 0 Å². The van der Waals surface area contributed by atoms with E-state index in [-0.39, 0.29) is 5.82 Å². The highest BCUT2D eigenvalue weighted by molar-refractivity contribution is 6.02. The van der Waals surface area contributed by atoms with Crippen LogP contribution in [0.25, 0.3) is 11.3 Å². The first-order chi connectivity index (χ1) is 15.4. The normalized spacial score (nSPS) is 11.6.